The third-order valence-corrected chi connectivity index (χ3v) is 3.71. The molecule has 0 aliphatic carbocycles. The normalized spacial score (nSPS) is 13.2. The van der Waals surface area contributed by atoms with Gasteiger partial charge >= 0.3 is 11.8 Å². The van der Waals surface area contributed by atoms with Crippen LogP contribution in [0, 0.1) is 20.8 Å². The van der Waals surface area contributed by atoms with Crippen LogP contribution in [0.15, 0.2) is 34.7 Å². The number of hydrogen-bond acceptors (Lipinski definition) is 4. The van der Waals surface area contributed by atoms with E-state index in [1.165, 1.54) is 6.92 Å². The van der Waals surface area contributed by atoms with E-state index in [-0.39, 0.29) is 6.54 Å². The van der Waals surface area contributed by atoms with Gasteiger partial charge in [-0.2, -0.15) is 0 Å². The number of nitrogens with one attached hydrogen (secondary N) is 2. The Morgan fingerprint density at radius 1 is 1.12 bits per heavy atom. The second-order valence-corrected chi connectivity index (χ2v) is 6.14. The van der Waals surface area contributed by atoms with E-state index in [1.807, 2.05) is 26.0 Å². The van der Waals surface area contributed by atoms with Gasteiger partial charge in [-0.25, -0.2) is 0 Å². The van der Waals surface area contributed by atoms with Crippen LogP contribution in [0.1, 0.15) is 29.6 Å². The Balaban J connectivity index is 1.96. The number of amides is 2. The first-order chi connectivity index (χ1) is 11.2. The smallest absolute Gasteiger partial charge is 0.313 e. The Labute approximate surface area is 140 Å². The minimum absolute atomic E-state index is 0.140. The zero-order valence-electron chi connectivity index (χ0n) is 14.3. The van der Waals surface area contributed by atoms with Gasteiger partial charge in [0.2, 0.25) is 0 Å². The topological polar surface area (TPSA) is 91.6 Å². The van der Waals surface area contributed by atoms with Crippen LogP contribution in [0.5, 0.6) is 0 Å². The van der Waals surface area contributed by atoms with E-state index in [9.17, 15) is 14.7 Å². The maximum atomic E-state index is 12.0. The van der Waals surface area contributed by atoms with Gasteiger partial charge in [-0.3, -0.25) is 9.59 Å². The van der Waals surface area contributed by atoms with Crippen molar-refractivity contribution in [3.63, 3.8) is 0 Å². The monoisotopic (exact) mass is 330 g/mol. The van der Waals surface area contributed by atoms with Crippen LogP contribution >= 0.6 is 0 Å². The minimum atomic E-state index is -1.40. The molecular weight excluding hydrogens is 308 g/mol. The molecule has 1 aromatic heterocycles. The fourth-order valence-corrected chi connectivity index (χ4v) is 2.19. The van der Waals surface area contributed by atoms with Crippen LogP contribution < -0.4 is 10.6 Å². The molecule has 0 spiro atoms. The van der Waals surface area contributed by atoms with Crippen LogP contribution in [-0.4, -0.2) is 23.5 Å². The summed E-state index contributed by atoms with van der Waals surface area (Å²) in [6.45, 7) is 6.87. The summed E-state index contributed by atoms with van der Waals surface area (Å²) in [5.74, 6) is -0.617. The van der Waals surface area contributed by atoms with E-state index in [2.05, 4.69) is 10.6 Å². The number of aryl methyl sites for hydroxylation is 3. The van der Waals surface area contributed by atoms with Crippen molar-refractivity contribution < 1.29 is 19.1 Å². The zero-order chi connectivity index (χ0) is 17.9. The number of aliphatic hydroxyl groups is 1. The summed E-state index contributed by atoms with van der Waals surface area (Å²) in [7, 11) is 0. The molecule has 0 saturated heterocycles. The maximum Gasteiger partial charge on any atom is 0.313 e. The van der Waals surface area contributed by atoms with Gasteiger partial charge in [0.1, 0.15) is 17.1 Å². The molecule has 2 aromatic rings. The van der Waals surface area contributed by atoms with Crippen molar-refractivity contribution in [1.82, 2.24) is 5.32 Å². The Bertz CT molecular complexity index is 762. The van der Waals surface area contributed by atoms with Crippen LogP contribution in [0.3, 0.4) is 0 Å². The second kappa shape index (κ2) is 6.88. The number of hydrogen-bond donors (Lipinski definition) is 3. The molecule has 0 saturated carbocycles. The van der Waals surface area contributed by atoms with Gasteiger partial charge in [-0.15, -0.1) is 0 Å². The molecule has 128 valence electrons. The summed E-state index contributed by atoms with van der Waals surface area (Å²) in [4.78, 5) is 24.0. The van der Waals surface area contributed by atoms with Gasteiger partial charge in [0.25, 0.3) is 0 Å². The molecule has 1 heterocycles. The summed E-state index contributed by atoms with van der Waals surface area (Å²) in [5.41, 5.74) is 1.03. The number of carbonyl (C=O) groups is 2. The number of benzene rings is 1. The number of carbonyl (C=O) groups excluding carboxylic acids is 2. The number of rotatable bonds is 4. The molecule has 0 aliphatic heterocycles. The average Bonchev–Trinajstić information content (AvgIpc) is 2.96. The molecule has 3 N–H and O–H groups in total. The number of furan rings is 1. The molecule has 24 heavy (non-hydrogen) atoms. The lowest BCUT2D eigenvalue weighted by molar-refractivity contribution is -0.136. The summed E-state index contributed by atoms with van der Waals surface area (Å²) in [6.07, 6.45) is 0. The van der Waals surface area contributed by atoms with Crippen molar-refractivity contribution in [2.24, 2.45) is 0 Å². The third-order valence-electron chi connectivity index (χ3n) is 3.71. The Kier molecular flexibility index (Phi) is 5.09. The van der Waals surface area contributed by atoms with Gasteiger partial charge < -0.3 is 20.2 Å². The molecule has 0 radical (unpaired) electrons. The van der Waals surface area contributed by atoms with E-state index < -0.39 is 17.4 Å². The molecule has 0 fully saturated rings. The third kappa shape index (κ3) is 4.23. The van der Waals surface area contributed by atoms with Crippen LogP contribution in [-0.2, 0) is 15.2 Å². The van der Waals surface area contributed by atoms with E-state index in [1.54, 1.807) is 25.1 Å². The molecule has 2 amide bonds. The molecule has 0 aliphatic rings. The van der Waals surface area contributed by atoms with Crippen LogP contribution in [0.4, 0.5) is 5.69 Å². The fraction of sp³-hybridized carbons (Fsp3) is 0.333. The first-order valence-electron chi connectivity index (χ1n) is 7.65. The van der Waals surface area contributed by atoms with E-state index >= 15 is 0 Å². The van der Waals surface area contributed by atoms with E-state index in [0.717, 1.165) is 11.1 Å². The predicted octanol–water partition coefficient (Wildman–Crippen LogP) is 2.17. The summed E-state index contributed by atoms with van der Waals surface area (Å²) < 4.78 is 5.36. The highest BCUT2D eigenvalue weighted by molar-refractivity contribution is 6.39. The van der Waals surface area contributed by atoms with Crippen molar-refractivity contribution in [1.29, 1.82) is 0 Å². The Hall–Kier alpha value is -2.60. The first kappa shape index (κ1) is 17.7. The van der Waals surface area contributed by atoms with Crippen molar-refractivity contribution in [2.45, 2.75) is 33.3 Å². The zero-order valence-corrected chi connectivity index (χ0v) is 14.3. The molecule has 0 bridgehead atoms. The maximum absolute atomic E-state index is 12.0. The Morgan fingerprint density at radius 3 is 2.46 bits per heavy atom. The van der Waals surface area contributed by atoms with Crippen molar-refractivity contribution in [2.75, 3.05) is 11.9 Å². The molecule has 1 atom stereocenters. The van der Waals surface area contributed by atoms with Crippen LogP contribution in [0.25, 0.3) is 0 Å². The lowest BCUT2D eigenvalue weighted by atomic mass is 10.0. The fourth-order valence-electron chi connectivity index (χ4n) is 2.19. The van der Waals surface area contributed by atoms with E-state index in [0.29, 0.717) is 17.2 Å². The summed E-state index contributed by atoms with van der Waals surface area (Å²) in [6, 6.07) is 8.94. The number of anilines is 1. The van der Waals surface area contributed by atoms with Crippen LogP contribution in [0.2, 0.25) is 0 Å². The van der Waals surface area contributed by atoms with Crippen molar-refractivity contribution >= 4 is 17.5 Å². The quantitative estimate of drug-likeness (QED) is 0.749. The molecule has 2 rings (SSSR count). The first-order valence-corrected chi connectivity index (χ1v) is 7.65. The summed E-state index contributed by atoms with van der Waals surface area (Å²) in [5, 5.41) is 15.4. The van der Waals surface area contributed by atoms with Gasteiger partial charge in [0, 0.05) is 5.69 Å². The highest BCUT2D eigenvalue weighted by Gasteiger charge is 2.28. The minimum Gasteiger partial charge on any atom is -0.463 e. The Morgan fingerprint density at radius 2 is 1.83 bits per heavy atom. The highest BCUT2D eigenvalue weighted by Crippen LogP contribution is 2.22. The lowest BCUT2D eigenvalue weighted by Gasteiger charge is -2.21. The largest absolute Gasteiger partial charge is 0.463 e. The highest BCUT2D eigenvalue weighted by atomic mass is 16.4. The molecular formula is C18H22N2O4. The lowest BCUT2D eigenvalue weighted by Crippen LogP contribution is -2.43. The second-order valence-electron chi connectivity index (χ2n) is 6.14. The molecule has 6 heteroatoms. The predicted molar refractivity (Wildman–Crippen MR) is 90.6 cm³/mol. The van der Waals surface area contributed by atoms with Gasteiger partial charge in [0.05, 0.1) is 6.54 Å². The van der Waals surface area contributed by atoms with Gasteiger partial charge in [0.15, 0.2) is 0 Å². The van der Waals surface area contributed by atoms with E-state index in [4.69, 9.17) is 4.42 Å². The van der Waals surface area contributed by atoms with Crippen molar-refractivity contribution in [3.8, 4) is 0 Å². The molecule has 6 nitrogen and oxygen atoms in total. The molecule has 1 aromatic carbocycles. The van der Waals surface area contributed by atoms with Gasteiger partial charge in [-0.05, 0) is 57.0 Å². The summed E-state index contributed by atoms with van der Waals surface area (Å²) >= 11 is 0. The standard InChI is InChI=1S/C18H22N2O4/c1-11-5-6-12(2)14(9-11)20-17(22)16(21)19-10-18(4,23)15-8-7-13(3)24-15/h5-9,23H,10H2,1-4H3,(H,19,21)(H,20,22). The average molecular weight is 330 g/mol. The van der Waals surface area contributed by atoms with Gasteiger partial charge in [-0.1, -0.05) is 12.1 Å². The van der Waals surface area contributed by atoms with Crippen molar-refractivity contribution in [3.05, 3.63) is 53.0 Å². The molecule has 1 unspecified atom stereocenters. The SMILES string of the molecule is Cc1ccc(C)c(NC(=O)C(=O)NCC(C)(O)c2ccc(C)o2)c1.